The summed E-state index contributed by atoms with van der Waals surface area (Å²) in [4.78, 5) is 14.4. The molecule has 18 heavy (non-hydrogen) atoms. The van der Waals surface area contributed by atoms with Gasteiger partial charge in [-0.15, -0.1) is 0 Å². The van der Waals surface area contributed by atoms with E-state index in [0.717, 1.165) is 31.8 Å². The van der Waals surface area contributed by atoms with Crippen LogP contribution in [0.2, 0.25) is 0 Å². The zero-order chi connectivity index (χ0) is 13.2. The SMILES string of the molecule is CCC1(CC)CCN(C(=O)C(C)=C2CNC2)CC1. The predicted octanol–water partition coefficient (Wildman–Crippen LogP) is 2.33. The number of likely N-dealkylation sites (tertiary alicyclic amines) is 1. The maximum absolute atomic E-state index is 12.4. The lowest BCUT2D eigenvalue weighted by atomic mass is 9.74. The Morgan fingerprint density at radius 1 is 1.22 bits per heavy atom. The Kier molecular flexibility index (Phi) is 4.10. The van der Waals surface area contributed by atoms with E-state index in [-0.39, 0.29) is 5.91 Å². The smallest absolute Gasteiger partial charge is 0.249 e. The van der Waals surface area contributed by atoms with Crippen molar-refractivity contribution in [3.05, 3.63) is 11.1 Å². The van der Waals surface area contributed by atoms with E-state index in [4.69, 9.17) is 0 Å². The molecule has 2 heterocycles. The molecule has 3 heteroatoms. The van der Waals surface area contributed by atoms with Gasteiger partial charge in [0.1, 0.15) is 0 Å². The second kappa shape index (κ2) is 5.43. The third-order valence-electron chi connectivity index (χ3n) is 5.14. The minimum atomic E-state index is 0.271. The number of hydrogen-bond acceptors (Lipinski definition) is 2. The highest BCUT2D eigenvalue weighted by atomic mass is 16.2. The first-order valence-electron chi connectivity index (χ1n) is 7.30. The normalized spacial score (nSPS) is 22.6. The summed E-state index contributed by atoms with van der Waals surface area (Å²) in [6.07, 6.45) is 4.84. The molecule has 2 fully saturated rings. The molecule has 0 atom stereocenters. The number of nitrogens with zero attached hydrogens (tertiary/aromatic N) is 1. The maximum atomic E-state index is 12.4. The molecule has 0 spiro atoms. The Morgan fingerprint density at radius 2 is 1.78 bits per heavy atom. The van der Waals surface area contributed by atoms with Crippen molar-refractivity contribution >= 4 is 5.91 Å². The molecule has 3 nitrogen and oxygen atoms in total. The van der Waals surface area contributed by atoms with E-state index in [9.17, 15) is 4.79 Å². The zero-order valence-electron chi connectivity index (χ0n) is 12.0. The second-order valence-electron chi connectivity index (χ2n) is 5.83. The molecular weight excluding hydrogens is 224 g/mol. The van der Waals surface area contributed by atoms with E-state index in [2.05, 4.69) is 24.1 Å². The predicted molar refractivity (Wildman–Crippen MR) is 74.4 cm³/mol. The molecule has 2 rings (SSSR count). The van der Waals surface area contributed by atoms with Crippen LogP contribution in [-0.4, -0.2) is 37.0 Å². The van der Waals surface area contributed by atoms with Gasteiger partial charge in [-0.2, -0.15) is 0 Å². The Hall–Kier alpha value is -0.830. The standard InChI is InChI=1S/C15H26N2O/c1-4-15(5-2)6-8-17(9-7-15)14(18)12(3)13-10-16-11-13/h16H,4-11H2,1-3H3. The van der Waals surface area contributed by atoms with Crippen molar-refractivity contribution in [1.82, 2.24) is 10.2 Å². The van der Waals surface area contributed by atoms with Gasteiger partial charge in [-0.1, -0.05) is 26.7 Å². The number of piperidine rings is 1. The van der Waals surface area contributed by atoms with Gasteiger partial charge in [-0.05, 0) is 30.8 Å². The van der Waals surface area contributed by atoms with Gasteiger partial charge >= 0.3 is 0 Å². The molecule has 1 N–H and O–H groups in total. The fraction of sp³-hybridized carbons (Fsp3) is 0.800. The van der Waals surface area contributed by atoms with Crippen molar-refractivity contribution < 1.29 is 4.79 Å². The molecule has 0 unspecified atom stereocenters. The van der Waals surface area contributed by atoms with Crippen LogP contribution in [0.1, 0.15) is 46.5 Å². The quantitative estimate of drug-likeness (QED) is 0.780. The van der Waals surface area contributed by atoms with E-state index in [0.29, 0.717) is 5.41 Å². The first-order valence-corrected chi connectivity index (χ1v) is 7.30. The lowest BCUT2D eigenvalue weighted by molar-refractivity contribution is -0.129. The fourth-order valence-corrected chi connectivity index (χ4v) is 3.04. The molecule has 0 bridgehead atoms. The number of hydrogen-bond donors (Lipinski definition) is 1. The topological polar surface area (TPSA) is 32.3 Å². The summed E-state index contributed by atoms with van der Waals surface area (Å²) in [6, 6.07) is 0. The van der Waals surface area contributed by atoms with E-state index in [1.807, 2.05) is 6.92 Å². The van der Waals surface area contributed by atoms with Crippen molar-refractivity contribution in [3.8, 4) is 0 Å². The Morgan fingerprint density at radius 3 is 2.17 bits per heavy atom. The van der Waals surface area contributed by atoms with Gasteiger partial charge in [0.25, 0.3) is 0 Å². The highest BCUT2D eigenvalue weighted by Crippen LogP contribution is 2.38. The summed E-state index contributed by atoms with van der Waals surface area (Å²) < 4.78 is 0. The van der Waals surface area contributed by atoms with Gasteiger partial charge in [-0.25, -0.2) is 0 Å². The van der Waals surface area contributed by atoms with Crippen LogP contribution < -0.4 is 5.32 Å². The first kappa shape index (κ1) is 13.6. The number of carbonyl (C=O) groups excluding carboxylic acids is 1. The van der Waals surface area contributed by atoms with Crippen molar-refractivity contribution in [2.45, 2.75) is 46.5 Å². The number of nitrogens with one attached hydrogen (secondary N) is 1. The second-order valence-corrected chi connectivity index (χ2v) is 5.83. The molecule has 0 aromatic rings. The van der Waals surface area contributed by atoms with Crippen molar-refractivity contribution in [2.75, 3.05) is 26.2 Å². The summed E-state index contributed by atoms with van der Waals surface area (Å²) in [5.74, 6) is 0.271. The van der Waals surface area contributed by atoms with Crippen LogP contribution in [0.4, 0.5) is 0 Å². The molecule has 0 aromatic carbocycles. The summed E-state index contributed by atoms with van der Waals surface area (Å²) >= 11 is 0. The fourth-order valence-electron chi connectivity index (χ4n) is 3.04. The minimum absolute atomic E-state index is 0.271. The van der Waals surface area contributed by atoms with Gasteiger partial charge in [0.15, 0.2) is 0 Å². The van der Waals surface area contributed by atoms with Crippen LogP contribution in [0.15, 0.2) is 11.1 Å². The lowest BCUT2D eigenvalue weighted by Gasteiger charge is -2.41. The summed E-state index contributed by atoms with van der Waals surface area (Å²) in [5.41, 5.74) is 2.77. The number of rotatable bonds is 3. The van der Waals surface area contributed by atoms with E-state index < -0.39 is 0 Å². The highest BCUT2D eigenvalue weighted by molar-refractivity contribution is 5.94. The molecular formula is C15H26N2O. The van der Waals surface area contributed by atoms with E-state index >= 15 is 0 Å². The van der Waals surface area contributed by atoms with Gasteiger partial charge in [-0.3, -0.25) is 4.79 Å². The monoisotopic (exact) mass is 250 g/mol. The van der Waals surface area contributed by atoms with Gasteiger partial charge in [0, 0.05) is 31.8 Å². The van der Waals surface area contributed by atoms with Gasteiger partial charge < -0.3 is 10.2 Å². The number of amides is 1. The summed E-state index contributed by atoms with van der Waals surface area (Å²) in [6.45, 7) is 10.2. The first-order chi connectivity index (χ1) is 8.62. The van der Waals surface area contributed by atoms with Crippen LogP contribution in [0.5, 0.6) is 0 Å². The van der Waals surface area contributed by atoms with Crippen LogP contribution >= 0.6 is 0 Å². The largest absolute Gasteiger partial charge is 0.339 e. The molecule has 0 aliphatic carbocycles. The Balaban J connectivity index is 1.95. The zero-order valence-corrected chi connectivity index (χ0v) is 12.0. The highest BCUT2D eigenvalue weighted by Gasteiger charge is 2.33. The average Bonchev–Trinajstić information content (AvgIpc) is 2.36. The number of carbonyl (C=O) groups is 1. The Bertz CT molecular complexity index is 340. The van der Waals surface area contributed by atoms with E-state index in [1.54, 1.807) is 0 Å². The third-order valence-corrected chi connectivity index (χ3v) is 5.14. The molecule has 102 valence electrons. The Labute approximate surface area is 111 Å². The van der Waals surface area contributed by atoms with Crippen LogP contribution in [-0.2, 0) is 4.79 Å². The third kappa shape index (κ3) is 2.46. The van der Waals surface area contributed by atoms with Crippen LogP contribution in [0.3, 0.4) is 0 Å². The lowest BCUT2D eigenvalue weighted by Crippen LogP contribution is -2.44. The summed E-state index contributed by atoms with van der Waals surface area (Å²) in [5, 5.41) is 3.20. The summed E-state index contributed by atoms with van der Waals surface area (Å²) in [7, 11) is 0. The molecule has 2 aliphatic rings. The maximum Gasteiger partial charge on any atom is 0.249 e. The molecule has 0 radical (unpaired) electrons. The average molecular weight is 250 g/mol. The van der Waals surface area contributed by atoms with Crippen molar-refractivity contribution in [2.24, 2.45) is 5.41 Å². The van der Waals surface area contributed by atoms with Crippen LogP contribution in [0.25, 0.3) is 0 Å². The van der Waals surface area contributed by atoms with Gasteiger partial charge in [0.2, 0.25) is 5.91 Å². The van der Waals surface area contributed by atoms with Crippen LogP contribution in [0, 0.1) is 5.41 Å². The molecule has 1 amide bonds. The molecule has 2 aliphatic heterocycles. The van der Waals surface area contributed by atoms with Crippen molar-refractivity contribution in [3.63, 3.8) is 0 Å². The molecule has 2 saturated heterocycles. The minimum Gasteiger partial charge on any atom is -0.339 e. The molecule has 0 aromatic heterocycles. The van der Waals surface area contributed by atoms with Gasteiger partial charge in [0.05, 0.1) is 0 Å². The molecule has 0 saturated carbocycles. The van der Waals surface area contributed by atoms with Crippen molar-refractivity contribution in [1.29, 1.82) is 0 Å². The van der Waals surface area contributed by atoms with E-state index in [1.165, 1.54) is 31.3 Å².